The third-order valence-corrected chi connectivity index (χ3v) is 5.37. The number of nitrogens with zero attached hydrogens (tertiary/aromatic N) is 3. The van der Waals surface area contributed by atoms with E-state index < -0.39 is 0 Å². The fraction of sp³-hybridized carbons (Fsp3) is 0.600. The SMILES string of the molecule is CN1CCN(C)CC(C(=O)NCC(=O)N2CCCCc3ccccc32)C1. The molecule has 3 rings (SSSR count). The van der Waals surface area contributed by atoms with Gasteiger partial charge in [0.2, 0.25) is 11.8 Å². The van der Waals surface area contributed by atoms with Gasteiger partial charge in [0.05, 0.1) is 12.5 Å². The Bertz CT molecular complexity index is 636. The predicted molar refractivity (Wildman–Crippen MR) is 103 cm³/mol. The fourth-order valence-corrected chi connectivity index (χ4v) is 3.85. The normalized spacial score (nSPS) is 20.2. The van der Waals surface area contributed by atoms with Crippen LogP contribution < -0.4 is 10.2 Å². The van der Waals surface area contributed by atoms with Crippen molar-refractivity contribution in [2.75, 3.05) is 58.3 Å². The van der Waals surface area contributed by atoms with Crippen molar-refractivity contribution in [2.45, 2.75) is 19.3 Å². The summed E-state index contributed by atoms with van der Waals surface area (Å²) < 4.78 is 0. The maximum Gasteiger partial charge on any atom is 0.246 e. The molecule has 2 aliphatic rings. The van der Waals surface area contributed by atoms with E-state index in [1.165, 1.54) is 5.56 Å². The van der Waals surface area contributed by atoms with Crippen LogP contribution in [0.4, 0.5) is 5.69 Å². The van der Waals surface area contributed by atoms with Gasteiger partial charge in [-0.25, -0.2) is 0 Å². The van der Waals surface area contributed by atoms with E-state index in [2.05, 4.69) is 21.2 Å². The Hall–Kier alpha value is -1.92. The third kappa shape index (κ3) is 4.62. The van der Waals surface area contributed by atoms with Gasteiger partial charge < -0.3 is 20.0 Å². The highest BCUT2D eigenvalue weighted by molar-refractivity contribution is 5.97. The zero-order valence-electron chi connectivity index (χ0n) is 15.9. The van der Waals surface area contributed by atoms with E-state index in [1.807, 2.05) is 37.2 Å². The number of likely N-dealkylation sites (N-methyl/N-ethyl adjacent to an activating group) is 2. The second kappa shape index (κ2) is 8.64. The van der Waals surface area contributed by atoms with Crippen LogP contribution in [0.1, 0.15) is 18.4 Å². The molecule has 1 fully saturated rings. The van der Waals surface area contributed by atoms with Crippen molar-refractivity contribution < 1.29 is 9.59 Å². The Morgan fingerprint density at radius 2 is 1.73 bits per heavy atom. The van der Waals surface area contributed by atoms with E-state index >= 15 is 0 Å². The van der Waals surface area contributed by atoms with Gasteiger partial charge in [-0.2, -0.15) is 0 Å². The molecule has 0 aromatic heterocycles. The van der Waals surface area contributed by atoms with Crippen molar-refractivity contribution >= 4 is 17.5 Å². The summed E-state index contributed by atoms with van der Waals surface area (Å²) >= 11 is 0. The average molecular weight is 358 g/mol. The summed E-state index contributed by atoms with van der Waals surface area (Å²) in [5.41, 5.74) is 2.22. The highest BCUT2D eigenvalue weighted by atomic mass is 16.2. The monoisotopic (exact) mass is 358 g/mol. The number of fused-ring (bicyclic) bond motifs is 1. The molecule has 0 atom stereocenters. The molecule has 2 aliphatic heterocycles. The number of carbonyl (C=O) groups excluding carboxylic acids is 2. The van der Waals surface area contributed by atoms with Crippen LogP contribution in [0.5, 0.6) is 0 Å². The zero-order valence-corrected chi connectivity index (χ0v) is 15.9. The maximum absolute atomic E-state index is 12.8. The summed E-state index contributed by atoms with van der Waals surface area (Å²) in [6.45, 7) is 4.18. The van der Waals surface area contributed by atoms with Crippen LogP contribution >= 0.6 is 0 Å². The number of amides is 2. The van der Waals surface area contributed by atoms with E-state index in [0.717, 1.165) is 57.7 Å². The van der Waals surface area contributed by atoms with Crippen LogP contribution in [0, 0.1) is 5.92 Å². The van der Waals surface area contributed by atoms with Gasteiger partial charge in [0, 0.05) is 38.4 Å². The first-order valence-corrected chi connectivity index (χ1v) is 9.57. The number of nitrogens with one attached hydrogen (secondary N) is 1. The number of benzene rings is 1. The largest absolute Gasteiger partial charge is 0.347 e. The van der Waals surface area contributed by atoms with Gasteiger partial charge in [0.25, 0.3) is 0 Å². The Kier molecular flexibility index (Phi) is 6.27. The molecule has 0 unspecified atom stereocenters. The molecule has 6 heteroatoms. The van der Waals surface area contributed by atoms with Crippen molar-refractivity contribution in [3.8, 4) is 0 Å². The van der Waals surface area contributed by atoms with Gasteiger partial charge in [-0.1, -0.05) is 18.2 Å². The fourth-order valence-electron chi connectivity index (χ4n) is 3.85. The van der Waals surface area contributed by atoms with Gasteiger partial charge in [0.15, 0.2) is 0 Å². The van der Waals surface area contributed by atoms with E-state index in [4.69, 9.17) is 0 Å². The maximum atomic E-state index is 12.8. The van der Waals surface area contributed by atoms with E-state index in [-0.39, 0.29) is 24.3 Å². The molecule has 0 spiro atoms. The van der Waals surface area contributed by atoms with Gasteiger partial charge in [-0.05, 0) is 45.0 Å². The van der Waals surface area contributed by atoms with Gasteiger partial charge in [0.1, 0.15) is 0 Å². The molecule has 1 aromatic rings. The van der Waals surface area contributed by atoms with Crippen LogP contribution in [-0.2, 0) is 16.0 Å². The van der Waals surface area contributed by atoms with E-state index in [0.29, 0.717) is 0 Å². The molecule has 6 nitrogen and oxygen atoms in total. The lowest BCUT2D eigenvalue weighted by Gasteiger charge is -2.24. The molecule has 2 amide bonds. The highest BCUT2D eigenvalue weighted by Crippen LogP contribution is 2.26. The number of aryl methyl sites for hydroxylation is 1. The molecule has 26 heavy (non-hydrogen) atoms. The van der Waals surface area contributed by atoms with Crippen LogP contribution in [0.15, 0.2) is 24.3 Å². The lowest BCUT2D eigenvalue weighted by molar-refractivity contribution is -0.128. The van der Waals surface area contributed by atoms with Crippen molar-refractivity contribution in [2.24, 2.45) is 5.92 Å². The molecule has 1 aromatic carbocycles. The summed E-state index contributed by atoms with van der Waals surface area (Å²) in [6, 6.07) is 8.10. The third-order valence-electron chi connectivity index (χ3n) is 5.37. The lowest BCUT2D eigenvalue weighted by Crippen LogP contribution is -2.45. The van der Waals surface area contributed by atoms with Crippen LogP contribution in [0.3, 0.4) is 0 Å². The van der Waals surface area contributed by atoms with Crippen LogP contribution in [-0.4, -0.2) is 75.0 Å². The predicted octanol–water partition coefficient (Wildman–Crippen LogP) is 0.966. The first-order chi connectivity index (χ1) is 12.5. The summed E-state index contributed by atoms with van der Waals surface area (Å²) in [4.78, 5) is 31.6. The lowest BCUT2D eigenvalue weighted by atomic mass is 10.1. The summed E-state index contributed by atoms with van der Waals surface area (Å²) in [5, 5.41) is 2.89. The Morgan fingerprint density at radius 1 is 1.04 bits per heavy atom. The minimum atomic E-state index is -0.100. The molecule has 0 aliphatic carbocycles. The molecule has 0 bridgehead atoms. The van der Waals surface area contributed by atoms with E-state index in [9.17, 15) is 9.59 Å². The number of carbonyl (C=O) groups is 2. The zero-order chi connectivity index (χ0) is 18.5. The molecule has 142 valence electrons. The topological polar surface area (TPSA) is 55.9 Å². The number of hydrogen-bond donors (Lipinski definition) is 1. The molecule has 1 N–H and O–H groups in total. The Labute approximate surface area is 156 Å². The molecular formula is C20H30N4O2. The Balaban J connectivity index is 1.60. The first-order valence-electron chi connectivity index (χ1n) is 9.57. The average Bonchev–Trinajstić information content (AvgIpc) is 2.95. The van der Waals surface area contributed by atoms with Gasteiger partial charge >= 0.3 is 0 Å². The Morgan fingerprint density at radius 3 is 2.46 bits per heavy atom. The van der Waals surface area contributed by atoms with Crippen LogP contribution in [0.25, 0.3) is 0 Å². The van der Waals surface area contributed by atoms with E-state index in [1.54, 1.807) is 0 Å². The van der Waals surface area contributed by atoms with Crippen LogP contribution in [0.2, 0.25) is 0 Å². The number of rotatable bonds is 3. The quantitative estimate of drug-likeness (QED) is 0.875. The first kappa shape index (κ1) is 18.9. The number of hydrogen-bond acceptors (Lipinski definition) is 4. The number of para-hydroxylation sites is 1. The molecule has 0 saturated carbocycles. The second-order valence-corrected chi connectivity index (χ2v) is 7.57. The summed E-state index contributed by atoms with van der Waals surface area (Å²) in [7, 11) is 4.08. The summed E-state index contributed by atoms with van der Waals surface area (Å²) in [5.74, 6) is -0.151. The van der Waals surface area contributed by atoms with Gasteiger partial charge in [-0.3, -0.25) is 9.59 Å². The second-order valence-electron chi connectivity index (χ2n) is 7.57. The number of anilines is 1. The van der Waals surface area contributed by atoms with Crippen molar-refractivity contribution in [3.63, 3.8) is 0 Å². The van der Waals surface area contributed by atoms with Crippen molar-refractivity contribution in [1.29, 1.82) is 0 Å². The van der Waals surface area contributed by atoms with Crippen molar-refractivity contribution in [3.05, 3.63) is 29.8 Å². The smallest absolute Gasteiger partial charge is 0.246 e. The summed E-state index contributed by atoms with van der Waals surface area (Å²) in [6.07, 6.45) is 3.09. The standard InChI is InChI=1S/C20H30N4O2/c1-22-11-12-23(2)15-17(14-22)20(26)21-13-19(25)24-10-6-5-8-16-7-3-4-9-18(16)24/h3-4,7,9,17H,5-6,8,10-15H2,1-2H3,(H,21,26). The van der Waals surface area contributed by atoms with Gasteiger partial charge in [-0.15, -0.1) is 0 Å². The molecule has 2 heterocycles. The molecule has 0 radical (unpaired) electrons. The highest BCUT2D eigenvalue weighted by Gasteiger charge is 2.26. The minimum absolute atomic E-state index is 0.0250. The molecule has 1 saturated heterocycles. The minimum Gasteiger partial charge on any atom is -0.347 e. The van der Waals surface area contributed by atoms with Crippen molar-refractivity contribution in [1.82, 2.24) is 15.1 Å². The molecular weight excluding hydrogens is 328 g/mol.